The van der Waals surface area contributed by atoms with E-state index in [1.807, 2.05) is 12.1 Å². The molecule has 162 valence electrons. The standard InChI is InChI=1S/C24H39N3O2/c1-20(2)26-14-10-22(11-15-26)27-17-16-25(19-23(27)12-18-28)13-4-5-21-6-8-24(29-3)9-7-21/h4-9,20,22-23,28H,10-19H2,1-3H3/b5-4+/t23-/m1/s1. The monoisotopic (exact) mass is 401 g/mol. The minimum atomic E-state index is 0.279. The van der Waals surface area contributed by atoms with Crippen molar-refractivity contribution in [1.29, 1.82) is 0 Å². The van der Waals surface area contributed by atoms with E-state index in [2.05, 4.69) is 52.8 Å². The Labute approximate surface area is 176 Å². The van der Waals surface area contributed by atoms with E-state index in [0.29, 0.717) is 18.1 Å². The SMILES string of the molecule is COc1ccc(/C=C/CN2CCN(C3CCN(C(C)C)CC3)[C@H](CCO)C2)cc1. The number of nitrogens with zero attached hydrogens (tertiary/aromatic N) is 3. The number of hydrogen-bond acceptors (Lipinski definition) is 5. The number of benzene rings is 1. The van der Waals surface area contributed by atoms with Crippen molar-refractivity contribution in [3.8, 4) is 5.75 Å². The fourth-order valence-electron chi connectivity index (χ4n) is 4.77. The highest BCUT2D eigenvalue weighted by atomic mass is 16.5. The summed E-state index contributed by atoms with van der Waals surface area (Å²) in [5.74, 6) is 0.893. The largest absolute Gasteiger partial charge is 0.497 e. The maximum absolute atomic E-state index is 9.63. The molecule has 0 bridgehead atoms. The third kappa shape index (κ3) is 6.29. The Bertz CT molecular complexity index is 624. The second-order valence-corrected chi connectivity index (χ2v) is 8.70. The van der Waals surface area contributed by atoms with E-state index in [1.54, 1.807) is 7.11 Å². The number of aliphatic hydroxyl groups excluding tert-OH is 1. The Morgan fingerprint density at radius 3 is 2.45 bits per heavy atom. The maximum Gasteiger partial charge on any atom is 0.118 e. The number of ether oxygens (including phenoxy) is 1. The topological polar surface area (TPSA) is 39.2 Å². The van der Waals surface area contributed by atoms with Crippen LogP contribution in [0.2, 0.25) is 0 Å². The van der Waals surface area contributed by atoms with Crippen molar-refractivity contribution < 1.29 is 9.84 Å². The van der Waals surface area contributed by atoms with Gasteiger partial charge in [-0.25, -0.2) is 0 Å². The molecule has 0 amide bonds. The molecule has 2 heterocycles. The molecule has 5 nitrogen and oxygen atoms in total. The Kier molecular flexibility index (Phi) is 8.54. The van der Waals surface area contributed by atoms with Gasteiger partial charge in [0.1, 0.15) is 5.75 Å². The average Bonchev–Trinajstić information content (AvgIpc) is 2.75. The van der Waals surface area contributed by atoms with Crippen LogP contribution in [0.1, 0.15) is 38.7 Å². The number of piperazine rings is 1. The molecule has 2 fully saturated rings. The van der Waals surface area contributed by atoms with Gasteiger partial charge in [-0.15, -0.1) is 0 Å². The second kappa shape index (κ2) is 11.1. The lowest BCUT2D eigenvalue weighted by Crippen LogP contribution is -2.58. The summed E-state index contributed by atoms with van der Waals surface area (Å²) < 4.78 is 5.22. The molecule has 0 spiro atoms. The zero-order valence-electron chi connectivity index (χ0n) is 18.5. The molecule has 0 saturated carbocycles. The van der Waals surface area contributed by atoms with Crippen LogP contribution < -0.4 is 4.74 Å². The number of likely N-dealkylation sites (tertiary alicyclic amines) is 1. The first-order valence-electron chi connectivity index (χ1n) is 11.2. The van der Waals surface area contributed by atoms with Gasteiger partial charge in [0.25, 0.3) is 0 Å². The summed E-state index contributed by atoms with van der Waals surface area (Å²) >= 11 is 0. The Balaban J connectivity index is 1.51. The molecule has 2 aliphatic heterocycles. The highest BCUT2D eigenvalue weighted by molar-refractivity contribution is 5.50. The summed E-state index contributed by atoms with van der Waals surface area (Å²) in [4.78, 5) is 7.83. The molecule has 1 atom stereocenters. The lowest BCUT2D eigenvalue weighted by Gasteiger charge is -2.48. The molecule has 1 N–H and O–H groups in total. The van der Waals surface area contributed by atoms with Crippen LogP contribution in [0.25, 0.3) is 6.08 Å². The number of hydrogen-bond donors (Lipinski definition) is 1. The Morgan fingerprint density at radius 2 is 1.83 bits per heavy atom. The molecule has 0 radical (unpaired) electrons. The van der Waals surface area contributed by atoms with E-state index in [-0.39, 0.29) is 6.61 Å². The molecule has 0 aromatic heterocycles. The molecule has 0 aliphatic carbocycles. The normalized spacial score (nSPS) is 23.3. The number of piperidine rings is 1. The van der Waals surface area contributed by atoms with Crippen LogP contribution in [0.3, 0.4) is 0 Å². The molecule has 3 rings (SSSR count). The minimum absolute atomic E-state index is 0.279. The van der Waals surface area contributed by atoms with Crippen molar-refractivity contribution in [2.24, 2.45) is 0 Å². The first kappa shape index (κ1) is 22.3. The molecule has 29 heavy (non-hydrogen) atoms. The van der Waals surface area contributed by atoms with Crippen LogP contribution in [-0.4, -0.2) is 90.9 Å². The van der Waals surface area contributed by atoms with Gasteiger partial charge < -0.3 is 14.7 Å². The van der Waals surface area contributed by atoms with Crippen LogP contribution in [0.15, 0.2) is 30.3 Å². The molecule has 1 aromatic carbocycles. The zero-order valence-corrected chi connectivity index (χ0v) is 18.5. The van der Waals surface area contributed by atoms with Gasteiger partial charge in [-0.2, -0.15) is 0 Å². The van der Waals surface area contributed by atoms with E-state index >= 15 is 0 Å². The van der Waals surface area contributed by atoms with Crippen LogP contribution >= 0.6 is 0 Å². The highest BCUT2D eigenvalue weighted by Gasteiger charge is 2.33. The lowest BCUT2D eigenvalue weighted by molar-refractivity contribution is 0.00552. The summed E-state index contributed by atoms with van der Waals surface area (Å²) in [7, 11) is 1.70. The van der Waals surface area contributed by atoms with Gasteiger partial charge in [0, 0.05) is 50.9 Å². The number of aliphatic hydroxyl groups is 1. The second-order valence-electron chi connectivity index (χ2n) is 8.70. The Morgan fingerprint density at radius 1 is 1.10 bits per heavy atom. The van der Waals surface area contributed by atoms with Gasteiger partial charge in [-0.1, -0.05) is 24.3 Å². The highest BCUT2D eigenvalue weighted by Crippen LogP contribution is 2.24. The molecular weight excluding hydrogens is 362 g/mol. The predicted octanol–water partition coefficient (Wildman–Crippen LogP) is 2.95. The molecular formula is C24H39N3O2. The lowest BCUT2D eigenvalue weighted by atomic mass is 9.97. The fraction of sp³-hybridized carbons (Fsp3) is 0.667. The zero-order chi connectivity index (χ0) is 20.6. The minimum Gasteiger partial charge on any atom is -0.497 e. The van der Waals surface area contributed by atoms with Gasteiger partial charge >= 0.3 is 0 Å². The van der Waals surface area contributed by atoms with Crippen LogP contribution in [0, 0.1) is 0 Å². The van der Waals surface area contributed by atoms with Crippen molar-refractivity contribution in [1.82, 2.24) is 14.7 Å². The molecule has 1 aromatic rings. The first-order chi connectivity index (χ1) is 14.1. The molecule has 2 aliphatic rings. The average molecular weight is 402 g/mol. The summed E-state index contributed by atoms with van der Waals surface area (Å²) in [5, 5.41) is 9.63. The molecule has 2 saturated heterocycles. The number of methoxy groups -OCH3 is 1. The van der Waals surface area contributed by atoms with Gasteiger partial charge in [0.15, 0.2) is 0 Å². The van der Waals surface area contributed by atoms with E-state index in [0.717, 1.165) is 38.3 Å². The third-order valence-corrected chi connectivity index (χ3v) is 6.56. The van der Waals surface area contributed by atoms with E-state index in [4.69, 9.17) is 4.74 Å². The third-order valence-electron chi connectivity index (χ3n) is 6.56. The van der Waals surface area contributed by atoms with E-state index in [1.165, 1.54) is 31.5 Å². The molecule has 5 heteroatoms. The van der Waals surface area contributed by atoms with Crippen LogP contribution in [0.5, 0.6) is 5.75 Å². The van der Waals surface area contributed by atoms with Crippen molar-refractivity contribution in [2.45, 2.75) is 51.2 Å². The summed E-state index contributed by atoms with van der Waals surface area (Å²) in [6, 6.07) is 9.98. The summed E-state index contributed by atoms with van der Waals surface area (Å²) in [6.07, 6.45) is 7.85. The van der Waals surface area contributed by atoms with Crippen LogP contribution in [0.4, 0.5) is 0 Å². The smallest absolute Gasteiger partial charge is 0.118 e. The number of rotatable bonds is 8. The quantitative estimate of drug-likeness (QED) is 0.725. The fourth-order valence-corrected chi connectivity index (χ4v) is 4.77. The van der Waals surface area contributed by atoms with Crippen molar-refractivity contribution in [3.63, 3.8) is 0 Å². The summed E-state index contributed by atoms with van der Waals surface area (Å²) in [5.41, 5.74) is 1.20. The van der Waals surface area contributed by atoms with Gasteiger partial charge in [0.2, 0.25) is 0 Å². The van der Waals surface area contributed by atoms with Gasteiger partial charge in [-0.3, -0.25) is 9.80 Å². The molecule has 0 unspecified atom stereocenters. The van der Waals surface area contributed by atoms with Crippen molar-refractivity contribution >= 4 is 6.08 Å². The van der Waals surface area contributed by atoms with Crippen molar-refractivity contribution in [3.05, 3.63) is 35.9 Å². The predicted molar refractivity (Wildman–Crippen MR) is 120 cm³/mol. The Hall–Kier alpha value is -1.40. The van der Waals surface area contributed by atoms with Gasteiger partial charge in [-0.05, 0) is 63.9 Å². The van der Waals surface area contributed by atoms with Gasteiger partial charge in [0.05, 0.1) is 7.11 Å². The van der Waals surface area contributed by atoms with E-state index in [9.17, 15) is 5.11 Å². The maximum atomic E-state index is 9.63. The first-order valence-corrected chi connectivity index (χ1v) is 11.2. The van der Waals surface area contributed by atoms with Crippen molar-refractivity contribution in [2.75, 3.05) is 53.0 Å². The van der Waals surface area contributed by atoms with E-state index < -0.39 is 0 Å². The summed E-state index contributed by atoms with van der Waals surface area (Å²) in [6.45, 7) is 11.5. The van der Waals surface area contributed by atoms with Crippen LogP contribution in [-0.2, 0) is 0 Å².